The maximum Gasteiger partial charge on any atom is 0.274 e. The first-order chi connectivity index (χ1) is 14.7. The topological polar surface area (TPSA) is 114 Å². The molecule has 1 aromatic heterocycles. The van der Waals surface area contributed by atoms with E-state index in [0.29, 0.717) is 0 Å². The lowest BCUT2D eigenvalue weighted by Gasteiger charge is -2.29. The van der Waals surface area contributed by atoms with E-state index in [4.69, 9.17) is 11.6 Å². The Morgan fingerprint density at radius 1 is 1.22 bits per heavy atom. The summed E-state index contributed by atoms with van der Waals surface area (Å²) in [5.41, 5.74) is 1.63. The van der Waals surface area contributed by atoms with Gasteiger partial charge in [0.2, 0.25) is 15.0 Å². The molecule has 1 amide bonds. The molecule has 1 aliphatic rings. The fourth-order valence-electron chi connectivity index (χ4n) is 3.51. The molecule has 0 N–H and O–H groups in total. The molecule has 1 fully saturated rings. The van der Waals surface area contributed by atoms with Crippen molar-refractivity contribution in [2.75, 3.05) is 17.8 Å². The standard InChI is InChI=1S/C21H26ClN3O5S2/c1-21(2,3)15-7-5-14(6-8-15)12-25(16-9-10-32(29,30)13-16)19(26)18-17(22)11-23-20(24-18)31(4,27)28/h5-8,11,16H,9-10,12-13H2,1-4H3. The van der Waals surface area contributed by atoms with Crippen molar-refractivity contribution >= 4 is 37.2 Å². The minimum Gasteiger partial charge on any atom is -0.329 e. The van der Waals surface area contributed by atoms with Crippen molar-refractivity contribution in [2.24, 2.45) is 0 Å². The van der Waals surface area contributed by atoms with Gasteiger partial charge >= 0.3 is 0 Å². The maximum atomic E-state index is 13.4. The Kier molecular flexibility index (Phi) is 6.70. The van der Waals surface area contributed by atoms with Gasteiger partial charge in [-0.05, 0) is 23.0 Å². The zero-order chi connectivity index (χ0) is 23.9. The van der Waals surface area contributed by atoms with E-state index in [0.717, 1.165) is 23.6 Å². The van der Waals surface area contributed by atoms with Crippen LogP contribution in [-0.4, -0.2) is 61.4 Å². The van der Waals surface area contributed by atoms with Gasteiger partial charge in [0.1, 0.15) is 0 Å². The third kappa shape index (κ3) is 5.65. The van der Waals surface area contributed by atoms with Crippen LogP contribution in [0.25, 0.3) is 0 Å². The maximum absolute atomic E-state index is 13.4. The molecule has 174 valence electrons. The van der Waals surface area contributed by atoms with Gasteiger partial charge in [-0.3, -0.25) is 4.79 Å². The first-order valence-corrected chi connectivity index (χ1v) is 14.1. The van der Waals surface area contributed by atoms with Gasteiger partial charge in [-0.15, -0.1) is 0 Å². The number of halogens is 1. The van der Waals surface area contributed by atoms with Crippen molar-refractivity contribution < 1.29 is 21.6 Å². The average Bonchev–Trinajstić information content (AvgIpc) is 3.04. The van der Waals surface area contributed by atoms with Crippen LogP contribution in [0.2, 0.25) is 5.02 Å². The van der Waals surface area contributed by atoms with Crippen LogP contribution in [0.4, 0.5) is 0 Å². The van der Waals surface area contributed by atoms with Gasteiger partial charge in [0, 0.05) is 18.8 Å². The predicted molar refractivity (Wildman–Crippen MR) is 122 cm³/mol. The van der Waals surface area contributed by atoms with Crippen molar-refractivity contribution in [3.05, 3.63) is 52.3 Å². The minimum atomic E-state index is -3.76. The number of nitrogens with zero attached hydrogens (tertiary/aromatic N) is 3. The highest BCUT2D eigenvalue weighted by atomic mass is 35.5. The predicted octanol–water partition coefficient (Wildman–Crippen LogP) is 2.66. The lowest BCUT2D eigenvalue weighted by atomic mass is 9.86. The number of benzene rings is 1. The normalized spacial score (nSPS) is 18.5. The van der Waals surface area contributed by atoms with Crippen molar-refractivity contribution in [3.8, 4) is 0 Å². The highest BCUT2D eigenvalue weighted by Crippen LogP contribution is 2.26. The Morgan fingerprint density at radius 3 is 2.34 bits per heavy atom. The molecular formula is C21H26ClN3O5S2. The minimum absolute atomic E-state index is 0.0174. The van der Waals surface area contributed by atoms with E-state index >= 15 is 0 Å². The first-order valence-electron chi connectivity index (χ1n) is 10.0. The van der Waals surface area contributed by atoms with Crippen molar-refractivity contribution in [2.45, 2.75) is 50.4 Å². The van der Waals surface area contributed by atoms with Crippen molar-refractivity contribution in [1.29, 1.82) is 0 Å². The van der Waals surface area contributed by atoms with Gasteiger partial charge in [-0.1, -0.05) is 56.6 Å². The number of amides is 1. The zero-order valence-corrected chi connectivity index (χ0v) is 20.8. The van der Waals surface area contributed by atoms with Gasteiger partial charge < -0.3 is 4.90 Å². The van der Waals surface area contributed by atoms with Crippen LogP contribution in [-0.2, 0) is 31.6 Å². The molecule has 2 aromatic rings. The lowest BCUT2D eigenvalue weighted by Crippen LogP contribution is -2.41. The molecule has 1 aliphatic heterocycles. The van der Waals surface area contributed by atoms with E-state index < -0.39 is 36.8 Å². The third-order valence-electron chi connectivity index (χ3n) is 5.34. The Bertz CT molecular complexity index is 1240. The Morgan fingerprint density at radius 2 is 1.84 bits per heavy atom. The largest absolute Gasteiger partial charge is 0.329 e. The smallest absolute Gasteiger partial charge is 0.274 e. The second-order valence-corrected chi connectivity index (χ2v) is 13.6. The summed E-state index contributed by atoms with van der Waals surface area (Å²) in [6.07, 6.45) is 2.29. The summed E-state index contributed by atoms with van der Waals surface area (Å²) in [6, 6.07) is 7.18. The number of carbonyl (C=O) groups is 1. The average molecular weight is 500 g/mol. The Balaban J connectivity index is 1.99. The van der Waals surface area contributed by atoms with E-state index in [1.807, 2.05) is 24.3 Å². The molecule has 8 nitrogen and oxygen atoms in total. The van der Waals surface area contributed by atoms with Crippen molar-refractivity contribution in [3.63, 3.8) is 0 Å². The summed E-state index contributed by atoms with van der Waals surface area (Å²) in [4.78, 5) is 22.4. The van der Waals surface area contributed by atoms with Crippen LogP contribution in [0.1, 0.15) is 48.8 Å². The van der Waals surface area contributed by atoms with Crippen LogP contribution in [0.3, 0.4) is 0 Å². The molecule has 1 unspecified atom stereocenters. The molecule has 0 bridgehead atoms. The third-order valence-corrected chi connectivity index (χ3v) is 8.23. The number of carbonyl (C=O) groups excluding carboxylic acids is 1. The molecule has 1 atom stereocenters. The molecule has 0 spiro atoms. The summed E-state index contributed by atoms with van der Waals surface area (Å²) in [5, 5.41) is -0.616. The van der Waals surface area contributed by atoms with Gasteiger partial charge in [-0.25, -0.2) is 26.8 Å². The zero-order valence-electron chi connectivity index (χ0n) is 18.4. The van der Waals surface area contributed by atoms with Gasteiger partial charge in [-0.2, -0.15) is 0 Å². The number of aromatic nitrogens is 2. The molecule has 0 radical (unpaired) electrons. The van der Waals surface area contributed by atoms with E-state index in [1.54, 1.807) is 0 Å². The molecule has 1 saturated heterocycles. The highest BCUT2D eigenvalue weighted by molar-refractivity contribution is 7.91. The molecule has 0 aliphatic carbocycles. The summed E-state index contributed by atoms with van der Waals surface area (Å²) < 4.78 is 47.9. The second kappa shape index (κ2) is 8.72. The lowest BCUT2D eigenvalue weighted by molar-refractivity contribution is 0.0674. The van der Waals surface area contributed by atoms with Crippen LogP contribution in [0.5, 0.6) is 0 Å². The fourth-order valence-corrected chi connectivity index (χ4v) is 5.91. The van der Waals surface area contributed by atoms with Gasteiger partial charge in [0.25, 0.3) is 5.91 Å². The number of hydrogen-bond acceptors (Lipinski definition) is 7. The first kappa shape index (κ1) is 24.6. The molecular weight excluding hydrogens is 474 g/mol. The molecule has 11 heteroatoms. The Labute approximate surface area is 193 Å². The van der Waals surface area contributed by atoms with Gasteiger partial charge in [0.05, 0.1) is 22.7 Å². The number of sulfone groups is 2. The number of rotatable bonds is 5. The molecule has 3 rings (SSSR count). The summed E-state index contributed by atoms with van der Waals surface area (Å²) in [6.45, 7) is 6.42. The van der Waals surface area contributed by atoms with Crippen molar-refractivity contribution in [1.82, 2.24) is 14.9 Å². The van der Waals surface area contributed by atoms with Crippen LogP contribution < -0.4 is 0 Å². The SMILES string of the molecule is CC(C)(C)c1ccc(CN(C(=O)c2nc(S(C)(=O)=O)ncc2Cl)C2CCS(=O)(=O)C2)cc1. The molecule has 2 heterocycles. The van der Waals surface area contributed by atoms with E-state index in [9.17, 15) is 21.6 Å². The van der Waals surface area contributed by atoms with Crippen LogP contribution in [0.15, 0.2) is 35.6 Å². The van der Waals surface area contributed by atoms with E-state index in [2.05, 4.69) is 30.7 Å². The van der Waals surface area contributed by atoms with E-state index in [-0.39, 0.29) is 40.6 Å². The second-order valence-electron chi connectivity index (χ2n) is 9.06. The molecule has 1 aromatic carbocycles. The van der Waals surface area contributed by atoms with E-state index in [1.165, 1.54) is 4.90 Å². The monoisotopic (exact) mass is 499 g/mol. The highest BCUT2D eigenvalue weighted by Gasteiger charge is 2.36. The fraction of sp³-hybridized carbons (Fsp3) is 0.476. The van der Waals surface area contributed by atoms with Crippen LogP contribution in [0, 0.1) is 0 Å². The summed E-state index contributed by atoms with van der Waals surface area (Å²) in [5.74, 6) is -0.818. The molecule has 0 saturated carbocycles. The summed E-state index contributed by atoms with van der Waals surface area (Å²) >= 11 is 6.14. The number of hydrogen-bond donors (Lipinski definition) is 0. The summed E-state index contributed by atoms with van der Waals surface area (Å²) in [7, 11) is -7.04. The van der Waals surface area contributed by atoms with Crippen LogP contribution >= 0.6 is 11.6 Å². The van der Waals surface area contributed by atoms with Gasteiger partial charge in [0.15, 0.2) is 15.5 Å². The quantitative estimate of drug-likeness (QED) is 0.581. The molecule has 32 heavy (non-hydrogen) atoms. The Hall–Kier alpha value is -2.04.